The van der Waals surface area contributed by atoms with E-state index in [1.165, 1.54) is 0 Å². The molecule has 0 spiro atoms. The quantitative estimate of drug-likeness (QED) is 0.451. The molecule has 0 heterocycles. The van der Waals surface area contributed by atoms with Crippen LogP contribution in [0.25, 0.3) is 0 Å². The molecule has 0 saturated heterocycles. The Labute approximate surface area is 74.7 Å². The summed E-state index contributed by atoms with van der Waals surface area (Å²) >= 11 is 4.02. The second-order valence-corrected chi connectivity index (χ2v) is 2.75. The topological polar surface area (TPSA) is 18.5 Å². The van der Waals surface area contributed by atoms with Crippen molar-refractivity contribution >= 4 is 12.6 Å². The first kappa shape index (κ1) is 11.3. The van der Waals surface area contributed by atoms with E-state index in [-0.39, 0.29) is 0 Å². The minimum absolute atomic E-state index is 0.747. The van der Waals surface area contributed by atoms with Crippen molar-refractivity contribution in [2.75, 3.05) is 32.2 Å². The average molecular weight is 178 g/mol. The molecule has 68 valence electrons. The fourth-order valence-corrected chi connectivity index (χ4v) is 0.805. The second kappa shape index (κ2) is 10.3. The molecule has 0 atom stereocenters. The third-order valence-electron chi connectivity index (χ3n) is 1.16. The predicted octanol–water partition coefficient (Wildman–Crippen LogP) is 1.75. The summed E-state index contributed by atoms with van der Waals surface area (Å²) in [5.41, 5.74) is 0. The van der Waals surface area contributed by atoms with Crippen LogP contribution in [0.3, 0.4) is 0 Å². The van der Waals surface area contributed by atoms with Crippen LogP contribution in [0.2, 0.25) is 0 Å². The zero-order valence-corrected chi connectivity index (χ0v) is 8.11. The van der Waals surface area contributed by atoms with E-state index >= 15 is 0 Å². The van der Waals surface area contributed by atoms with Crippen molar-refractivity contribution in [1.82, 2.24) is 0 Å². The van der Waals surface area contributed by atoms with E-state index in [9.17, 15) is 0 Å². The third-order valence-corrected chi connectivity index (χ3v) is 1.34. The zero-order valence-electron chi connectivity index (χ0n) is 7.21. The minimum Gasteiger partial charge on any atom is -0.381 e. The van der Waals surface area contributed by atoms with Gasteiger partial charge in [0, 0.05) is 25.6 Å². The maximum atomic E-state index is 5.26. The van der Waals surface area contributed by atoms with E-state index in [0.717, 1.165) is 45.0 Å². The van der Waals surface area contributed by atoms with Gasteiger partial charge < -0.3 is 9.47 Å². The minimum atomic E-state index is 0.747. The van der Waals surface area contributed by atoms with Gasteiger partial charge in [-0.3, -0.25) is 0 Å². The van der Waals surface area contributed by atoms with Gasteiger partial charge in [-0.1, -0.05) is 6.92 Å². The molecule has 0 bridgehead atoms. The Morgan fingerprint density at radius 2 is 1.64 bits per heavy atom. The molecule has 0 aromatic heterocycles. The SMILES string of the molecule is CCCOCCCOCCS. The summed E-state index contributed by atoms with van der Waals surface area (Å²) in [7, 11) is 0. The molecule has 0 amide bonds. The standard InChI is InChI=1S/C8H18O2S/c1-2-4-9-5-3-6-10-7-8-11/h11H,2-8H2,1H3. The van der Waals surface area contributed by atoms with Gasteiger partial charge in [0.2, 0.25) is 0 Å². The smallest absolute Gasteiger partial charge is 0.0554 e. The van der Waals surface area contributed by atoms with Gasteiger partial charge in [-0.15, -0.1) is 0 Å². The lowest BCUT2D eigenvalue weighted by molar-refractivity contribution is 0.0892. The van der Waals surface area contributed by atoms with Crippen LogP contribution >= 0.6 is 12.6 Å². The molecule has 3 heteroatoms. The predicted molar refractivity (Wildman–Crippen MR) is 50.4 cm³/mol. The summed E-state index contributed by atoms with van der Waals surface area (Å²) in [5.74, 6) is 0.801. The van der Waals surface area contributed by atoms with Crippen molar-refractivity contribution in [3.8, 4) is 0 Å². The van der Waals surface area contributed by atoms with Crippen LogP contribution in [0.4, 0.5) is 0 Å². The molecule has 0 aromatic rings. The van der Waals surface area contributed by atoms with E-state index in [4.69, 9.17) is 9.47 Å². The molecule has 0 saturated carbocycles. The molecular formula is C8H18O2S. The Hall–Kier alpha value is 0.270. The van der Waals surface area contributed by atoms with Crippen LogP contribution in [0.1, 0.15) is 19.8 Å². The van der Waals surface area contributed by atoms with Crippen LogP contribution in [-0.2, 0) is 9.47 Å². The fraction of sp³-hybridized carbons (Fsp3) is 1.00. The zero-order chi connectivity index (χ0) is 8.36. The van der Waals surface area contributed by atoms with Gasteiger partial charge in [-0.05, 0) is 12.8 Å². The van der Waals surface area contributed by atoms with Crippen molar-refractivity contribution in [3.05, 3.63) is 0 Å². The van der Waals surface area contributed by atoms with Gasteiger partial charge in [0.15, 0.2) is 0 Å². The molecule has 0 N–H and O–H groups in total. The lowest BCUT2D eigenvalue weighted by Crippen LogP contribution is -2.03. The van der Waals surface area contributed by atoms with Gasteiger partial charge in [0.25, 0.3) is 0 Å². The normalized spacial score (nSPS) is 10.4. The first-order valence-electron chi connectivity index (χ1n) is 4.18. The molecule has 0 fully saturated rings. The Morgan fingerprint density at radius 1 is 1.00 bits per heavy atom. The van der Waals surface area contributed by atoms with Gasteiger partial charge in [0.1, 0.15) is 0 Å². The monoisotopic (exact) mass is 178 g/mol. The van der Waals surface area contributed by atoms with Crippen LogP contribution in [0, 0.1) is 0 Å². The highest BCUT2D eigenvalue weighted by atomic mass is 32.1. The van der Waals surface area contributed by atoms with Gasteiger partial charge in [-0.25, -0.2) is 0 Å². The van der Waals surface area contributed by atoms with Crippen LogP contribution in [-0.4, -0.2) is 32.2 Å². The number of ether oxygens (including phenoxy) is 2. The highest BCUT2D eigenvalue weighted by molar-refractivity contribution is 7.80. The lowest BCUT2D eigenvalue weighted by atomic mass is 10.5. The summed E-state index contributed by atoms with van der Waals surface area (Å²) < 4.78 is 10.5. The molecule has 0 unspecified atom stereocenters. The first-order chi connectivity index (χ1) is 5.41. The number of hydrogen-bond acceptors (Lipinski definition) is 3. The summed E-state index contributed by atoms with van der Waals surface area (Å²) in [5, 5.41) is 0. The summed E-state index contributed by atoms with van der Waals surface area (Å²) in [6, 6.07) is 0. The molecule has 0 radical (unpaired) electrons. The maximum absolute atomic E-state index is 5.26. The average Bonchev–Trinajstić information content (AvgIpc) is 2.03. The van der Waals surface area contributed by atoms with E-state index in [1.807, 2.05) is 0 Å². The second-order valence-electron chi connectivity index (χ2n) is 2.30. The van der Waals surface area contributed by atoms with Crippen molar-refractivity contribution < 1.29 is 9.47 Å². The van der Waals surface area contributed by atoms with Crippen LogP contribution in [0.15, 0.2) is 0 Å². The van der Waals surface area contributed by atoms with Crippen LogP contribution < -0.4 is 0 Å². The van der Waals surface area contributed by atoms with Gasteiger partial charge in [0.05, 0.1) is 6.61 Å². The summed E-state index contributed by atoms with van der Waals surface area (Å²) in [4.78, 5) is 0. The van der Waals surface area contributed by atoms with Crippen molar-refractivity contribution in [2.45, 2.75) is 19.8 Å². The first-order valence-corrected chi connectivity index (χ1v) is 4.81. The molecule has 0 aliphatic carbocycles. The highest BCUT2D eigenvalue weighted by Gasteiger charge is 1.87. The van der Waals surface area contributed by atoms with Crippen molar-refractivity contribution in [1.29, 1.82) is 0 Å². The Bertz CT molecular complexity index is 61.1. The van der Waals surface area contributed by atoms with E-state index in [0.29, 0.717) is 0 Å². The lowest BCUT2D eigenvalue weighted by Gasteiger charge is -2.02. The van der Waals surface area contributed by atoms with E-state index in [2.05, 4.69) is 19.6 Å². The fourth-order valence-electron chi connectivity index (χ4n) is 0.676. The molecule has 0 rings (SSSR count). The number of rotatable bonds is 8. The van der Waals surface area contributed by atoms with Crippen molar-refractivity contribution in [3.63, 3.8) is 0 Å². The van der Waals surface area contributed by atoms with Crippen molar-refractivity contribution in [2.24, 2.45) is 0 Å². The Balaban J connectivity index is 2.69. The molecule has 0 aliphatic heterocycles. The Morgan fingerprint density at radius 3 is 2.18 bits per heavy atom. The number of thiol groups is 1. The highest BCUT2D eigenvalue weighted by Crippen LogP contribution is 1.87. The molecule has 11 heavy (non-hydrogen) atoms. The van der Waals surface area contributed by atoms with Gasteiger partial charge >= 0.3 is 0 Å². The Kier molecular flexibility index (Phi) is 10.5. The summed E-state index contributed by atoms with van der Waals surface area (Å²) in [6.07, 6.45) is 2.09. The molecular weight excluding hydrogens is 160 g/mol. The third kappa shape index (κ3) is 10.3. The number of hydrogen-bond donors (Lipinski definition) is 1. The maximum Gasteiger partial charge on any atom is 0.0554 e. The molecule has 0 aromatic carbocycles. The van der Waals surface area contributed by atoms with E-state index in [1.54, 1.807) is 0 Å². The largest absolute Gasteiger partial charge is 0.381 e. The van der Waals surface area contributed by atoms with E-state index < -0.39 is 0 Å². The summed E-state index contributed by atoms with van der Waals surface area (Å²) in [6.45, 7) is 5.34. The van der Waals surface area contributed by atoms with Gasteiger partial charge in [-0.2, -0.15) is 12.6 Å². The molecule has 2 nitrogen and oxygen atoms in total. The molecule has 0 aliphatic rings. The van der Waals surface area contributed by atoms with Crippen LogP contribution in [0.5, 0.6) is 0 Å².